The number of aromatic nitrogens is 3. The largest absolute Gasteiger partial charge is 0.356 e. The second-order valence-corrected chi connectivity index (χ2v) is 9.08. The average molecular weight is 425 g/mol. The van der Waals surface area contributed by atoms with Gasteiger partial charge in [0.2, 0.25) is 0 Å². The van der Waals surface area contributed by atoms with Crippen LogP contribution in [0.2, 0.25) is 0 Å². The number of halogens is 1. The van der Waals surface area contributed by atoms with E-state index < -0.39 is 0 Å². The van der Waals surface area contributed by atoms with Gasteiger partial charge in [0.25, 0.3) is 5.56 Å². The van der Waals surface area contributed by atoms with Crippen LogP contribution in [-0.4, -0.2) is 39.2 Å². The highest BCUT2D eigenvalue weighted by molar-refractivity contribution is 5.79. The molecule has 0 unspecified atom stereocenters. The van der Waals surface area contributed by atoms with Gasteiger partial charge in [0.05, 0.1) is 5.69 Å². The lowest BCUT2D eigenvalue weighted by Crippen LogP contribution is -2.38. The third-order valence-electron chi connectivity index (χ3n) is 7.07. The summed E-state index contributed by atoms with van der Waals surface area (Å²) in [6, 6.07) is 4.87. The molecule has 2 aliphatic rings. The van der Waals surface area contributed by atoms with Gasteiger partial charge >= 0.3 is 0 Å². The number of aryl methyl sites for hydroxylation is 2. The Morgan fingerprint density at radius 1 is 1.23 bits per heavy atom. The molecule has 1 fully saturated rings. The van der Waals surface area contributed by atoms with Crippen molar-refractivity contribution in [3.8, 4) is 0 Å². The minimum Gasteiger partial charge on any atom is -0.356 e. The Morgan fingerprint density at radius 2 is 2.03 bits per heavy atom. The maximum atomic E-state index is 13.4. The van der Waals surface area contributed by atoms with Crippen LogP contribution in [0.3, 0.4) is 0 Å². The lowest BCUT2D eigenvalue weighted by Gasteiger charge is -2.31. The Labute approximate surface area is 181 Å². The quantitative estimate of drug-likeness (QED) is 0.630. The molecule has 6 nitrogen and oxygen atoms in total. The van der Waals surface area contributed by atoms with E-state index >= 15 is 0 Å². The molecule has 0 radical (unpaired) electrons. The van der Waals surface area contributed by atoms with E-state index in [1.807, 2.05) is 11.5 Å². The summed E-state index contributed by atoms with van der Waals surface area (Å²) < 4.78 is 20.7. The summed E-state index contributed by atoms with van der Waals surface area (Å²) in [6.07, 6.45) is 5.76. The molecule has 31 heavy (non-hydrogen) atoms. The third kappa shape index (κ3) is 3.80. The highest BCUT2D eigenvalue weighted by atomic mass is 19.1. The van der Waals surface area contributed by atoms with E-state index in [-0.39, 0.29) is 17.4 Å². The lowest BCUT2D eigenvalue weighted by atomic mass is 9.91. The van der Waals surface area contributed by atoms with E-state index in [4.69, 9.17) is 9.51 Å². The predicted octanol–water partition coefficient (Wildman–Crippen LogP) is 4.15. The van der Waals surface area contributed by atoms with Crippen LogP contribution in [0.1, 0.15) is 67.3 Å². The Kier molecular flexibility index (Phi) is 5.38. The van der Waals surface area contributed by atoms with Gasteiger partial charge in [-0.05, 0) is 71.2 Å². The SMILES string of the molecule is Cc1nc2n(c(=O)c1CCN1CCC(c3noc4cc(F)ccc34)CC1)[C@@H](C)CCC2. The number of fused-ring (bicyclic) bond motifs is 2. The molecule has 7 heteroatoms. The zero-order chi connectivity index (χ0) is 21.5. The summed E-state index contributed by atoms with van der Waals surface area (Å²) in [5.74, 6) is 0.967. The number of hydrogen-bond acceptors (Lipinski definition) is 5. The lowest BCUT2D eigenvalue weighted by molar-refractivity contribution is 0.211. The van der Waals surface area contributed by atoms with Crippen LogP contribution in [-0.2, 0) is 12.8 Å². The third-order valence-corrected chi connectivity index (χ3v) is 7.07. The highest BCUT2D eigenvalue weighted by Gasteiger charge is 2.26. The first-order chi connectivity index (χ1) is 15.0. The van der Waals surface area contributed by atoms with E-state index in [2.05, 4.69) is 17.0 Å². The molecule has 3 aromatic rings. The smallest absolute Gasteiger partial charge is 0.257 e. The van der Waals surface area contributed by atoms with Crippen LogP contribution in [0.25, 0.3) is 11.0 Å². The van der Waals surface area contributed by atoms with Crippen molar-refractivity contribution in [2.45, 2.75) is 64.3 Å². The monoisotopic (exact) mass is 424 g/mol. The predicted molar refractivity (Wildman–Crippen MR) is 117 cm³/mol. The molecular weight excluding hydrogens is 395 g/mol. The molecule has 5 rings (SSSR count). The van der Waals surface area contributed by atoms with Gasteiger partial charge in [0.1, 0.15) is 11.6 Å². The number of rotatable bonds is 4. The molecule has 4 heterocycles. The molecule has 2 aliphatic heterocycles. The van der Waals surface area contributed by atoms with Gasteiger partial charge in [-0.2, -0.15) is 0 Å². The molecular formula is C24H29FN4O2. The molecule has 0 N–H and O–H groups in total. The molecule has 0 bridgehead atoms. The summed E-state index contributed by atoms with van der Waals surface area (Å²) in [5.41, 5.74) is 3.37. The Bertz CT molecular complexity index is 1160. The number of nitrogens with zero attached hydrogens (tertiary/aromatic N) is 4. The first-order valence-corrected chi connectivity index (χ1v) is 11.4. The second-order valence-electron chi connectivity index (χ2n) is 9.08. The number of benzene rings is 1. The van der Waals surface area contributed by atoms with Crippen molar-refractivity contribution in [3.63, 3.8) is 0 Å². The van der Waals surface area contributed by atoms with Gasteiger partial charge in [0.15, 0.2) is 5.58 Å². The van der Waals surface area contributed by atoms with Crippen LogP contribution < -0.4 is 5.56 Å². The molecule has 164 valence electrons. The van der Waals surface area contributed by atoms with E-state index in [9.17, 15) is 9.18 Å². The standard InChI is InChI=1S/C24H29FN4O2/c1-15-4-3-5-22-26-16(2)19(24(30)29(15)22)10-13-28-11-8-17(9-12-28)23-20-7-6-18(25)14-21(20)31-27-23/h6-7,14-15,17H,3-5,8-13H2,1-2H3/t15-/m0/s1. The van der Waals surface area contributed by atoms with Crippen molar-refractivity contribution in [1.82, 2.24) is 19.6 Å². The van der Waals surface area contributed by atoms with Crippen molar-refractivity contribution in [1.29, 1.82) is 0 Å². The minimum atomic E-state index is -0.303. The molecule has 0 spiro atoms. The Morgan fingerprint density at radius 3 is 2.84 bits per heavy atom. The molecule has 0 saturated carbocycles. The van der Waals surface area contributed by atoms with E-state index in [0.29, 0.717) is 11.5 Å². The Hall–Kier alpha value is -2.54. The number of hydrogen-bond donors (Lipinski definition) is 0. The van der Waals surface area contributed by atoms with Gasteiger partial charge in [-0.3, -0.25) is 9.36 Å². The van der Waals surface area contributed by atoms with Crippen molar-refractivity contribution in [2.75, 3.05) is 19.6 Å². The molecule has 2 aromatic heterocycles. The molecule has 1 saturated heterocycles. The molecule has 1 aromatic carbocycles. The van der Waals surface area contributed by atoms with Crippen LogP contribution in [0.5, 0.6) is 0 Å². The normalized spacial score (nSPS) is 20.3. The Balaban J connectivity index is 1.24. The van der Waals surface area contributed by atoms with Gasteiger partial charge < -0.3 is 9.42 Å². The van der Waals surface area contributed by atoms with Crippen molar-refractivity contribution >= 4 is 11.0 Å². The van der Waals surface area contributed by atoms with E-state index in [1.165, 1.54) is 12.1 Å². The molecule has 0 amide bonds. The highest BCUT2D eigenvalue weighted by Crippen LogP contribution is 2.32. The fourth-order valence-corrected chi connectivity index (χ4v) is 5.26. The van der Waals surface area contributed by atoms with E-state index in [0.717, 1.165) is 86.3 Å². The van der Waals surface area contributed by atoms with Crippen LogP contribution in [0.4, 0.5) is 4.39 Å². The van der Waals surface area contributed by atoms with Crippen LogP contribution in [0, 0.1) is 12.7 Å². The first kappa shape index (κ1) is 20.4. The van der Waals surface area contributed by atoms with Crippen LogP contribution >= 0.6 is 0 Å². The summed E-state index contributed by atoms with van der Waals surface area (Å²) in [7, 11) is 0. The van der Waals surface area contributed by atoms with Crippen molar-refractivity contribution in [3.05, 3.63) is 57.1 Å². The zero-order valence-corrected chi connectivity index (χ0v) is 18.2. The number of likely N-dealkylation sites (tertiary alicyclic amines) is 1. The van der Waals surface area contributed by atoms with Gasteiger partial charge in [-0.15, -0.1) is 0 Å². The molecule has 0 aliphatic carbocycles. The van der Waals surface area contributed by atoms with Crippen molar-refractivity contribution < 1.29 is 8.91 Å². The maximum absolute atomic E-state index is 13.4. The average Bonchev–Trinajstić information content (AvgIpc) is 3.17. The zero-order valence-electron chi connectivity index (χ0n) is 18.2. The summed E-state index contributed by atoms with van der Waals surface area (Å²) in [4.78, 5) is 20.3. The maximum Gasteiger partial charge on any atom is 0.257 e. The first-order valence-electron chi connectivity index (χ1n) is 11.4. The fraction of sp³-hybridized carbons (Fsp3) is 0.542. The topological polar surface area (TPSA) is 64.2 Å². The fourth-order valence-electron chi connectivity index (χ4n) is 5.26. The number of piperidine rings is 1. The van der Waals surface area contributed by atoms with Crippen LogP contribution in [0.15, 0.2) is 27.5 Å². The minimum absolute atomic E-state index is 0.158. The summed E-state index contributed by atoms with van der Waals surface area (Å²) >= 11 is 0. The van der Waals surface area contributed by atoms with Gasteiger partial charge in [0, 0.05) is 47.6 Å². The van der Waals surface area contributed by atoms with Crippen molar-refractivity contribution in [2.24, 2.45) is 0 Å². The summed E-state index contributed by atoms with van der Waals surface area (Å²) in [6.45, 7) is 6.87. The van der Waals surface area contributed by atoms with Gasteiger partial charge in [-0.25, -0.2) is 9.37 Å². The summed E-state index contributed by atoms with van der Waals surface area (Å²) in [5, 5.41) is 5.15. The second kappa shape index (κ2) is 8.19. The van der Waals surface area contributed by atoms with Gasteiger partial charge in [-0.1, -0.05) is 5.16 Å². The van der Waals surface area contributed by atoms with E-state index in [1.54, 1.807) is 6.07 Å². The molecule has 1 atom stereocenters.